The molecule has 6 nitrogen and oxygen atoms in total. The third-order valence-electron chi connectivity index (χ3n) is 5.36. The van der Waals surface area contributed by atoms with Crippen molar-refractivity contribution in [3.05, 3.63) is 53.8 Å². The van der Waals surface area contributed by atoms with E-state index in [0.717, 1.165) is 25.7 Å². The molecule has 1 atom stereocenters. The van der Waals surface area contributed by atoms with Crippen molar-refractivity contribution in [2.45, 2.75) is 43.5 Å². The molecule has 1 amide bonds. The number of anilines is 1. The number of thiazole rings is 1. The van der Waals surface area contributed by atoms with Gasteiger partial charge in [0.05, 0.1) is 9.60 Å². The molecule has 4 rings (SSSR count). The Morgan fingerprint density at radius 1 is 1.23 bits per heavy atom. The average molecular weight is 448 g/mol. The van der Waals surface area contributed by atoms with Gasteiger partial charge in [-0.05, 0) is 55.7 Å². The van der Waals surface area contributed by atoms with E-state index < -0.39 is 21.7 Å². The first-order valence-corrected chi connectivity index (χ1v) is 12.1. The Kier molecular flexibility index (Phi) is 5.86. The summed E-state index contributed by atoms with van der Waals surface area (Å²) in [4.78, 5) is 16.8. The molecule has 0 aliphatic carbocycles. The highest BCUT2D eigenvalue weighted by molar-refractivity contribution is 7.89. The first-order valence-electron chi connectivity index (χ1n) is 9.88. The van der Waals surface area contributed by atoms with E-state index in [1.54, 1.807) is 16.4 Å². The molecule has 1 aliphatic heterocycles. The minimum atomic E-state index is -3.60. The fourth-order valence-electron chi connectivity index (χ4n) is 3.75. The van der Waals surface area contributed by atoms with Gasteiger partial charge in [0.1, 0.15) is 11.3 Å². The Morgan fingerprint density at radius 2 is 2.00 bits per heavy atom. The maximum Gasteiger partial charge on any atom is 0.257 e. The van der Waals surface area contributed by atoms with Crippen molar-refractivity contribution in [2.75, 3.05) is 11.9 Å². The van der Waals surface area contributed by atoms with E-state index in [2.05, 4.69) is 10.3 Å². The number of piperidine rings is 1. The topological polar surface area (TPSA) is 79.4 Å². The number of nitrogens with one attached hydrogen (secondary N) is 1. The Hall–Kier alpha value is -2.36. The lowest BCUT2D eigenvalue weighted by atomic mass is 10.0. The second kappa shape index (κ2) is 8.41. The van der Waals surface area contributed by atoms with E-state index in [1.807, 2.05) is 6.92 Å². The van der Waals surface area contributed by atoms with E-state index in [1.165, 1.54) is 41.7 Å². The summed E-state index contributed by atoms with van der Waals surface area (Å²) in [5.74, 6) is -0.871. The van der Waals surface area contributed by atoms with Crippen LogP contribution in [0.4, 0.5) is 9.52 Å². The number of hydrogen-bond acceptors (Lipinski definition) is 5. The number of fused-ring (bicyclic) bond motifs is 1. The Bertz CT molecular complexity index is 1180. The number of amides is 1. The van der Waals surface area contributed by atoms with Crippen molar-refractivity contribution in [1.29, 1.82) is 0 Å². The third-order valence-corrected chi connectivity index (χ3v) is 8.26. The van der Waals surface area contributed by atoms with Gasteiger partial charge in [0.2, 0.25) is 10.0 Å². The Morgan fingerprint density at radius 3 is 2.70 bits per heavy atom. The van der Waals surface area contributed by atoms with Gasteiger partial charge in [0.15, 0.2) is 5.13 Å². The zero-order valence-electron chi connectivity index (χ0n) is 16.5. The Labute approximate surface area is 178 Å². The second-order valence-electron chi connectivity index (χ2n) is 7.26. The highest BCUT2D eigenvalue weighted by Gasteiger charge is 2.32. The number of carbonyl (C=O) groups excluding carboxylic acids is 1. The van der Waals surface area contributed by atoms with Crippen LogP contribution in [0.15, 0.2) is 47.4 Å². The molecule has 0 saturated carbocycles. The highest BCUT2D eigenvalue weighted by atomic mass is 32.2. The van der Waals surface area contributed by atoms with Crippen molar-refractivity contribution < 1.29 is 17.6 Å². The summed E-state index contributed by atoms with van der Waals surface area (Å²) >= 11 is 1.18. The van der Waals surface area contributed by atoms with Gasteiger partial charge < -0.3 is 0 Å². The molecule has 0 bridgehead atoms. The van der Waals surface area contributed by atoms with Crippen molar-refractivity contribution in [3.63, 3.8) is 0 Å². The van der Waals surface area contributed by atoms with Crippen molar-refractivity contribution in [3.8, 4) is 0 Å². The molecule has 1 aromatic heterocycles. The molecule has 30 heavy (non-hydrogen) atoms. The summed E-state index contributed by atoms with van der Waals surface area (Å²) in [6.45, 7) is 2.52. The maximum absolute atomic E-state index is 13.8. The number of nitrogens with zero attached hydrogens (tertiary/aromatic N) is 2. The largest absolute Gasteiger partial charge is 0.298 e. The van der Waals surface area contributed by atoms with Gasteiger partial charge in [-0.1, -0.05) is 30.7 Å². The summed E-state index contributed by atoms with van der Waals surface area (Å²) in [5.41, 5.74) is 0.519. The summed E-state index contributed by atoms with van der Waals surface area (Å²) in [7, 11) is -3.60. The molecule has 0 spiro atoms. The predicted molar refractivity (Wildman–Crippen MR) is 116 cm³/mol. The number of hydrogen-bond donors (Lipinski definition) is 1. The molecule has 1 saturated heterocycles. The standard InChI is InChI=1S/C21H22FN3O3S2/c1-2-15-6-3-4-13-25(15)30(27,28)16-11-9-14(10-12-16)20(26)24-21-23-19-17(22)7-5-8-18(19)29-21/h5,7-12,15H,2-4,6,13H2,1H3,(H,23,24,26)/t15-/m1/s1. The number of carbonyl (C=O) groups is 1. The molecular weight excluding hydrogens is 425 g/mol. The molecule has 3 aromatic rings. The van der Waals surface area contributed by atoms with Gasteiger partial charge in [0.25, 0.3) is 5.91 Å². The minimum Gasteiger partial charge on any atom is -0.298 e. The third kappa shape index (κ3) is 3.97. The van der Waals surface area contributed by atoms with Crippen LogP contribution >= 0.6 is 11.3 Å². The van der Waals surface area contributed by atoms with Crippen LogP contribution in [0.1, 0.15) is 43.0 Å². The molecule has 0 unspecified atom stereocenters. The number of benzene rings is 2. The quantitative estimate of drug-likeness (QED) is 0.618. The SMILES string of the molecule is CC[C@@H]1CCCCN1S(=O)(=O)c1ccc(C(=O)Nc2nc3c(F)cccc3s2)cc1. The molecule has 2 aromatic carbocycles. The zero-order chi connectivity index (χ0) is 21.3. The van der Waals surface area contributed by atoms with Crippen LogP contribution in [-0.2, 0) is 10.0 Å². The number of aromatic nitrogens is 1. The summed E-state index contributed by atoms with van der Waals surface area (Å²) in [6.07, 6.45) is 3.56. The van der Waals surface area contributed by atoms with Crippen molar-refractivity contribution in [1.82, 2.24) is 9.29 Å². The number of sulfonamides is 1. The lowest BCUT2D eigenvalue weighted by molar-refractivity contribution is 0.102. The van der Waals surface area contributed by atoms with Gasteiger partial charge in [-0.15, -0.1) is 0 Å². The first kappa shape index (κ1) is 20.9. The normalized spacial score (nSPS) is 17.9. The molecule has 2 heterocycles. The van der Waals surface area contributed by atoms with Crippen molar-refractivity contribution >= 4 is 42.6 Å². The van der Waals surface area contributed by atoms with Crippen LogP contribution in [0.25, 0.3) is 10.2 Å². The molecule has 9 heteroatoms. The molecule has 1 N–H and O–H groups in total. The van der Waals surface area contributed by atoms with E-state index in [0.29, 0.717) is 16.8 Å². The average Bonchev–Trinajstić information content (AvgIpc) is 3.17. The van der Waals surface area contributed by atoms with Gasteiger partial charge >= 0.3 is 0 Å². The number of para-hydroxylation sites is 1. The van der Waals surface area contributed by atoms with Gasteiger partial charge in [-0.3, -0.25) is 10.1 Å². The van der Waals surface area contributed by atoms with Crippen LogP contribution < -0.4 is 5.32 Å². The van der Waals surface area contributed by atoms with E-state index in [4.69, 9.17) is 0 Å². The number of halogens is 1. The maximum atomic E-state index is 13.8. The zero-order valence-corrected chi connectivity index (χ0v) is 18.1. The number of rotatable bonds is 5. The minimum absolute atomic E-state index is 0.0196. The molecule has 1 fully saturated rings. The fraction of sp³-hybridized carbons (Fsp3) is 0.333. The summed E-state index contributed by atoms with van der Waals surface area (Å²) in [6, 6.07) is 10.6. The predicted octanol–water partition coefficient (Wildman–Crippen LogP) is 4.64. The van der Waals surface area contributed by atoms with E-state index in [9.17, 15) is 17.6 Å². The van der Waals surface area contributed by atoms with Crippen LogP contribution in [0, 0.1) is 5.82 Å². The summed E-state index contributed by atoms with van der Waals surface area (Å²) in [5, 5.41) is 2.94. The second-order valence-corrected chi connectivity index (χ2v) is 10.2. The first-order chi connectivity index (χ1) is 14.4. The fourth-order valence-corrected chi connectivity index (χ4v) is 6.39. The van der Waals surface area contributed by atoms with Crippen LogP contribution in [0.3, 0.4) is 0 Å². The lowest BCUT2D eigenvalue weighted by Crippen LogP contribution is -2.43. The monoisotopic (exact) mass is 447 g/mol. The van der Waals surface area contributed by atoms with Crippen LogP contribution in [0.2, 0.25) is 0 Å². The molecule has 1 aliphatic rings. The van der Waals surface area contributed by atoms with Gasteiger partial charge in [0, 0.05) is 18.2 Å². The molecular formula is C21H22FN3O3S2. The lowest BCUT2D eigenvalue weighted by Gasteiger charge is -2.34. The van der Waals surface area contributed by atoms with Crippen LogP contribution in [-0.4, -0.2) is 36.2 Å². The van der Waals surface area contributed by atoms with Gasteiger partial charge in [-0.25, -0.2) is 17.8 Å². The van der Waals surface area contributed by atoms with E-state index >= 15 is 0 Å². The molecule has 158 valence electrons. The Balaban J connectivity index is 1.52. The van der Waals surface area contributed by atoms with E-state index in [-0.39, 0.29) is 21.6 Å². The molecule has 0 radical (unpaired) electrons. The highest BCUT2D eigenvalue weighted by Crippen LogP contribution is 2.29. The van der Waals surface area contributed by atoms with Crippen LogP contribution in [0.5, 0.6) is 0 Å². The smallest absolute Gasteiger partial charge is 0.257 e. The van der Waals surface area contributed by atoms with Crippen molar-refractivity contribution in [2.24, 2.45) is 0 Å². The van der Waals surface area contributed by atoms with Gasteiger partial charge in [-0.2, -0.15) is 4.31 Å². The summed E-state index contributed by atoms with van der Waals surface area (Å²) < 4.78 is 42.1.